The monoisotopic (exact) mass is 259 g/mol. The fourth-order valence-corrected chi connectivity index (χ4v) is 1.75. The van der Waals surface area contributed by atoms with E-state index in [9.17, 15) is 4.79 Å². The molecular formula is C12H15Cl2NO. The minimum atomic E-state index is -0.0292. The molecule has 1 amide bonds. The maximum Gasteiger partial charge on any atom is 0.237 e. The van der Waals surface area contributed by atoms with E-state index >= 15 is 0 Å². The molecule has 0 radical (unpaired) electrons. The van der Waals surface area contributed by atoms with Crippen molar-refractivity contribution in [2.75, 3.05) is 12.4 Å². The molecule has 1 aromatic carbocycles. The van der Waals surface area contributed by atoms with Gasteiger partial charge >= 0.3 is 0 Å². The van der Waals surface area contributed by atoms with Gasteiger partial charge in [0.05, 0.1) is 0 Å². The van der Waals surface area contributed by atoms with E-state index in [2.05, 4.69) is 0 Å². The maximum atomic E-state index is 11.5. The highest BCUT2D eigenvalue weighted by molar-refractivity contribution is 6.30. The van der Waals surface area contributed by atoms with Crippen LogP contribution in [0, 0.1) is 0 Å². The Kier molecular flexibility index (Phi) is 5.64. The van der Waals surface area contributed by atoms with Gasteiger partial charge in [0.15, 0.2) is 0 Å². The number of rotatable bonds is 5. The highest BCUT2D eigenvalue weighted by atomic mass is 35.5. The summed E-state index contributed by atoms with van der Waals surface area (Å²) in [6.07, 6.45) is 0.927. The highest BCUT2D eigenvalue weighted by Crippen LogP contribution is 2.12. The molecule has 0 saturated heterocycles. The Bertz CT molecular complexity index is 337. The van der Waals surface area contributed by atoms with Crippen LogP contribution < -0.4 is 0 Å². The van der Waals surface area contributed by atoms with Gasteiger partial charge in [-0.2, -0.15) is 0 Å². The lowest BCUT2D eigenvalue weighted by atomic mass is 10.2. The van der Waals surface area contributed by atoms with E-state index in [1.54, 1.807) is 4.90 Å². The van der Waals surface area contributed by atoms with Crippen LogP contribution >= 0.6 is 23.2 Å². The molecule has 1 aromatic rings. The van der Waals surface area contributed by atoms with Crippen LogP contribution in [0.2, 0.25) is 5.02 Å². The van der Waals surface area contributed by atoms with Crippen molar-refractivity contribution in [3.05, 3.63) is 34.9 Å². The average Bonchev–Trinajstić information content (AvgIpc) is 2.30. The van der Waals surface area contributed by atoms with Gasteiger partial charge in [0.1, 0.15) is 5.88 Å². The number of nitrogens with zero attached hydrogens (tertiary/aromatic N) is 1. The maximum absolute atomic E-state index is 11.5. The first kappa shape index (κ1) is 13.3. The molecule has 0 aromatic heterocycles. The van der Waals surface area contributed by atoms with E-state index in [1.165, 1.54) is 0 Å². The molecular weight excluding hydrogens is 245 g/mol. The molecule has 0 bridgehead atoms. The number of hydrogen-bond donors (Lipinski definition) is 0. The summed E-state index contributed by atoms with van der Waals surface area (Å²) in [4.78, 5) is 13.3. The van der Waals surface area contributed by atoms with Crippen LogP contribution in [0.3, 0.4) is 0 Å². The molecule has 0 saturated carbocycles. The zero-order valence-electron chi connectivity index (χ0n) is 9.25. The SMILES string of the molecule is CCCN(Cc1ccc(Cl)cc1)C(=O)CCl. The fraction of sp³-hybridized carbons (Fsp3) is 0.417. The van der Waals surface area contributed by atoms with Crippen LogP contribution in [0.5, 0.6) is 0 Å². The van der Waals surface area contributed by atoms with Crippen molar-refractivity contribution in [3.8, 4) is 0 Å². The predicted molar refractivity (Wildman–Crippen MR) is 67.9 cm³/mol. The number of carbonyl (C=O) groups excluding carboxylic acids is 1. The lowest BCUT2D eigenvalue weighted by molar-refractivity contribution is -0.129. The van der Waals surface area contributed by atoms with Crippen LogP contribution in [0.4, 0.5) is 0 Å². The quantitative estimate of drug-likeness (QED) is 0.744. The molecule has 16 heavy (non-hydrogen) atoms. The summed E-state index contributed by atoms with van der Waals surface area (Å²) >= 11 is 11.4. The third-order valence-electron chi connectivity index (χ3n) is 2.25. The van der Waals surface area contributed by atoms with Crippen LogP contribution in [0.1, 0.15) is 18.9 Å². The lowest BCUT2D eigenvalue weighted by Crippen LogP contribution is -2.32. The highest BCUT2D eigenvalue weighted by Gasteiger charge is 2.11. The number of benzene rings is 1. The van der Waals surface area contributed by atoms with Gasteiger partial charge in [-0.1, -0.05) is 30.7 Å². The van der Waals surface area contributed by atoms with E-state index in [1.807, 2.05) is 31.2 Å². The third-order valence-corrected chi connectivity index (χ3v) is 2.73. The Morgan fingerprint density at radius 2 is 1.94 bits per heavy atom. The molecule has 0 spiro atoms. The molecule has 4 heteroatoms. The van der Waals surface area contributed by atoms with Crippen molar-refractivity contribution in [1.29, 1.82) is 0 Å². The van der Waals surface area contributed by atoms with Gasteiger partial charge < -0.3 is 4.90 Å². The topological polar surface area (TPSA) is 20.3 Å². The second-order valence-electron chi connectivity index (χ2n) is 3.58. The fourth-order valence-electron chi connectivity index (χ4n) is 1.46. The zero-order valence-corrected chi connectivity index (χ0v) is 10.8. The van der Waals surface area contributed by atoms with Gasteiger partial charge in [-0.05, 0) is 24.1 Å². The first-order chi connectivity index (χ1) is 7.67. The van der Waals surface area contributed by atoms with Crippen molar-refractivity contribution in [3.63, 3.8) is 0 Å². The molecule has 0 fully saturated rings. The summed E-state index contributed by atoms with van der Waals surface area (Å²) in [5.41, 5.74) is 1.07. The Morgan fingerprint density at radius 1 is 1.31 bits per heavy atom. The summed E-state index contributed by atoms with van der Waals surface area (Å²) in [5.74, 6) is 0.00611. The van der Waals surface area contributed by atoms with Crippen molar-refractivity contribution >= 4 is 29.1 Å². The van der Waals surface area contributed by atoms with E-state index in [0.717, 1.165) is 18.5 Å². The first-order valence-corrected chi connectivity index (χ1v) is 6.16. The molecule has 0 N–H and O–H groups in total. The van der Waals surface area contributed by atoms with Crippen LogP contribution in [0.25, 0.3) is 0 Å². The van der Waals surface area contributed by atoms with Gasteiger partial charge in [-0.15, -0.1) is 11.6 Å². The summed E-state index contributed by atoms with van der Waals surface area (Å²) in [6, 6.07) is 7.50. The number of hydrogen-bond acceptors (Lipinski definition) is 1. The minimum absolute atomic E-state index is 0.0292. The van der Waals surface area contributed by atoms with Crippen LogP contribution in [0.15, 0.2) is 24.3 Å². The number of carbonyl (C=O) groups is 1. The van der Waals surface area contributed by atoms with E-state index in [0.29, 0.717) is 11.6 Å². The molecule has 1 rings (SSSR count). The number of amides is 1. The Balaban J connectivity index is 2.67. The Hall–Kier alpha value is -0.730. The number of alkyl halides is 1. The summed E-state index contributed by atoms with van der Waals surface area (Å²) in [7, 11) is 0. The van der Waals surface area contributed by atoms with Gasteiger partial charge in [0.2, 0.25) is 5.91 Å². The molecule has 88 valence electrons. The average molecular weight is 260 g/mol. The van der Waals surface area contributed by atoms with Gasteiger partial charge in [0.25, 0.3) is 0 Å². The van der Waals surface area contributed by atoms with Crippen LogP contribution in [-0.4, -0.2) is 23.2 Å². The first-order valence-electron chi connectivity index (χ1n) is 5.25. The molecule has 2 nitrogen and oxygen atoms in total. The third kappa shape index (κ3) is 4.03. The number of halogens is 2. The standard InChI is InChI=1S/C12H15Cl2NO/c1-2-7-15(12(16)8-13)9-10-3-5-11(14)6-4-10/h3-6H,2,7-9H2,1H3. The van der Waals surface area contributed by atoms with Crippen molar-refractivity contribution in [2.45, 2.75) is 19.9 Å². The van der Waals surface area contributed by atoms with Gasteiger partial charge in [-0.25, -0.2) is 0 Å². The Labute approximate surface area is 106 Å². The van der Waals surface area contributed by atoms with Gasteiger partial charge in [0, 0.05) is 18.1 Å². The lowest BCUT2D eigenvalue weighted by Gasteiger charge is -2.21. The van der Waals surface area contributed by atoms with Crippen molar-refractivity contribution in [1.82, 2.24) is 4.90 Å². The van der Waals surface area contributed by atoms with Crippen molar-refractivity contribution < 1.29 is 4.79 Å². The van der Waals surface area contributed by atoms with E-state index < -0.39 is 0 Å². The molecule has 0 unspecified atom stereocenters. The summed E-state index contributed by atoms with van der Waals surface area (Å²) in [5, 5.41) is 0.703. The normalized spacial score (nSPS) is 10.2. The predicted octanol–water partition coefficient (Wildman–Crippen LogP) is 3.32. The second kappa shape index (κ2) is 6.77. The summed E-state index contributed by atoms with van der Waals surface area (Å²) in [6.45, 7) is 3.36. The largest absolute Gasteiger partial charge is 0.337 e. The van der Waals surface area contributed by atoms with Crippen molar-refractivity contribution in [2.24, 2.45) is 0 Å². The molecule has 0 aliphatic carbocycles. The molecule has 0 aliphatic rings. The Morgan fingerprint density at radius 3 is 2.44 bits per heavy atom. The zero-order chi connectivity index (χ0) is 12.0. The smallest absolute Gasteiger partial charge is 0.237 e. The summed E-state index contributed by atoms with van der Waals surface area (Å²) < 4.78 is 0. The van der Waals surface area contributed by atoms with E-state index in [4.69, 9.17) is 23.2 Å². The van der Waals surface area contributed by atoms with Crippen LogP contribution in [-0.2, 0) is 11.3 Å². The van der Waals surface area contributed by atoms with E-state index in [-0.39, 0.29) is 11.8 Å². The van der Waals surface area contributed by atoms with Gasteiger partial charge in [-0.3, -0.25) is 4.79 Å². The molecule has 0 heterocycles. The second-order valence-corrected chi connectivity index (χ2v) is 4.28. The molecule has 0 atom stereocenters. The molecule has 0 aliphatic heterocycles. The minimum Gasteiger partial charge on any atom is -0.337 e.